The van der Waals surface area contributed by atoms with E-state index in [1.165, 1.54) is 17.7 Å². The first-order valence-corrected chi connectivity index (χ1v) is 5.31. The number of hydrogen-bond acceptors (Lipinski definition) is 2. The molecule has 2 nitrogen and oxygen atoms in total. The number of rotatable bonds is 1. The predicted molar refractivity (Wildman–Crippen MR) is 61.7 cm³/mol. The monoisotopic (exact) mass is 216 g/mol. The first-order chi connectivity index (χ1) is 7.70. The number of halogens is 1. The maximum atomic E-state index is 13.4. The maximum absolute atomic E-state index is 13.4. The van der Waals surface area contributed by atoms with E-state index in [-0.39, 0.29) is 5.56 Å². The van der Waals surface area contributed by atoms with Gasteiger partial charge in [-0.3, -0.25) is 0 Å². The lowest BCUT2D eigenvalue weighted by atomic mass is 10.1. The maximum Gasteiger partial charge on any atom is 0.143 e. The van der Waals surface area contributed by atoms with Crippen LogP contribution < -0.4 is 4.90 Å². The van der Waals surface area contributed by atoms with Crippen LogP contribution in [0, 0.1) is 17.1 Å². The van der Waals surface area contributed by atoms with Crippen LogP contribution in [0.25, 0.3) is 0 Å². The second-order valence-electron chi connectivity index (χ2n) is 4.02. The van der Waals surface area contributed by atoms with Gasteiger partial charge in [-0.25, -0.2) is 4.39 Å². The number of anilines is 1. The zero-order chi connectivity index (χ0) is 11.5. The smallest absolute Gasteiger partial charge is 0.143 e. The van der Waals surface area contributed by atoms with E-state index in [2.05, 4.69) is 17.9 Å². The van der Waals surface area contributed by atoms with Crippen LogP contribution in [0.15, 0.2) is 29.8 Å². The molecule has 0 N–H and O–H groups in total. The normalized spacial score (nSPS) is 15.6. The van der Waals surface area contributed by atoms with Gasteiger partial charge < -0.3 is 4.90 Å². The topological polar surface area (TPSA) is 27.0 Å². The summed E-state index contributed by atoms with van der Waals surface area (Å²) in [4.78, 5) is 2.11. The Bertz CT molecular complexity index is 471. The summed E-state index contributed by atoms with van der Waals surface area (Å²) in [5.41, 5.74) is 2.33. The molecule has 0 fully saturated rings. The summed E-state index contributed by atoms with van der Waals surface area (Å²) < 4.78 is 13.4. The second-order valence-corrected chi connectivity index (χ2v) is 4.02. The van der Waals surface area contributed by atoms with Gasteiger partial charge in [0.1, 0.15) is 11.9 Å². The standard InChI is InChI=1S/C13H13FN2/c1-10-4-6-16(7-5-10)12-3-2-11(9-15)13(14)8-12/h2-4,8H,5-7H2,1H3. The molecule has 16 heavy (non-hydrogen) atoms. The van der Waals surface area contributed by atoms with E-state index >= 15 is 0 Å². The molecule has 1 heterocycles. The van der Waals surface area contributed by atoms with Gasteiger partial charge in [0.05, 0.1) is 5.56 Å². The Balaban J connectivity index is 2.23. The molecule has 0 saturated carbocycles. The quantitative estimate of drug-likeness (QED) is 0.675. The van der Waals surface area contributed by atoms with Crippen LogP contribution in [0.5, 0.6) is 0 Å². The first kappa shape index (κ1) is 10.7. The van der Waals surface area contributed by atoms with Gasteiger partial charge in [-0.2, -0.15) is 5.26 Å². The lowest BCUT2D eigenvalue weighted by Crippen LogP contribution is -2.28. The SMILES string of the molecule is CC1=CCN(c2ccc(C#N)c(F)c2)CC1. The molecule has 2 rings (SSSR count). The van der Waals surface area contributed by atoms with Crippen LogP contribution in [0.4, 0.5) is 10.1 Å². The highest BCUT2D eigenvalue weighted by Crippen LogP contribution is 2.21. The van der Waals surface area contributed by atoms with Crippen molar-refractivity contribution in [2.75, 3.05) is 18.0 Å². The third-order valence-electron chi connectivity index (χ3n) is 2.87. The Morgan fingerprint density at radius 3 is 2.81 bits per heavy atom. The summed E-state index contributed by atoms with van der Waals surface area (Å²) in [5, 5.41) is 8.64. The van der Waals surface area contributed by atoms with E-state index in [1.54, 1.807) is 6.07 Å². The molecule has 0 aromatic heterocycles. The highest BCUT2D eigenvalue weighted by molar-refractivity contribution is 5.51. The van der Waals surface area contributed by atoms with Crippen molar-refractivity contribution in [3.8, 4) is 6.07 Å². The molecule has 1 aromatic carbocycles. The molecular weight excluding hydrogens is 203 g/mol. The number of nitrogens with zero attached hydrogens (tertiary/aromatic N) is 2. The lowest BCUT2D eigenvalue weighted by Gasteiger charge is -2.27. The van der Waals surface area contributed by atoms with E-state index in [9.17, 15) is 4.39 Å². The third-order valence-corrected chi connectivity index (χ3v) is 2.87. The van der Waals surface area contributed by atoms with Crippen LogP contribution in [0.1, 0.15) is 18.9 Å². The van der Waals surface area contributed by atoms with Gasteiger partial charge in [-0.05, 0) is 31.5 Å². The molecule has 0 unspecified atom stereocenters. The highest BCUT2D eigenvalue weighted by Gasteiger charge is 2.11. The van der Waals surface area contributed by atoms with Crippen LogP contribution >= 0.6 is 0 Å². The molecule has 3 heteroatoms. The molecule has 0 radical (unpaired) electrons. The summed E-state index contributed by atoms with van der Waals surface area (Å²) >= 11 is 0. The summed E-state index contributed by atoms with van der Waals surface area (Å²) in [6.45, 7) is 3.83. The van der Waals surface area contributed by atoms with Crippen molar-refractivity contribution >= 4 is 5.69 Å². The van der Waals surface area contributed by atoms with E-state index < -0.39 is 5.82 Å². The van der Waals surface area contributed by atoms with Gasteiger partial charge in [-0.1, -0.05) is 11.6 Å². The summed E-state index contributed by atoms with van der Waals surface area (Å²) in [6, 6.07) is 6.60. The number of nitriles is 1. The summed E-state index contributed by atoms with van der Waals surface area (Å²) in [5.74, 6) is -0.439. The molecule has 0 atom stereocenters. The summed E-state index contributed by atoms with van der Waals surface area (Å²) in [6.07, 6.45) is 3.17. The van der Waals surface area contributed by atoms with Gasteiger partial charge in [0.15, 0.2) is 0 Å². The van der Waals surface area contributed by atoms with Crippen molar-refractivity contribution in [3.05, 3.63) is 41.2 Å². The van der Waals surface area contributed by atoms with Crippen molar-refractivity contribution in [3.63, 3.8) is 0 Å². The average Bonchev–Trinajstić information content (AvgIpc) is 2.30. The van der Waals surface area contributed by atoms with E-state index in [1.807, 2.05) is 6.07 Å². The van der Waals surface area contributed by atoms with Crippen LogP contribution in [0.3, 0.4) is 0 Å². The number of hydrogen-bond donors (Lipinski definition) is 0. The van der Waals surface area contributed by atoms with Crippen molar-refractivity contribution in [2.45, 2.75) is 13.3 Å². The fourth-order valence-corrected chi connectivity index (χ4v) is 1.80. The lowest BCUT2D eigenvalue weighted by molar-refractivity contribution is 0.622. The van der Waals surface area contributed by atoms with Gasteiger partial charge in [0.25, 0.3) is 0 Å². The minimum atomic E-state index is -0.439. The number of benzene rings is 1. The second kappa shape index (κ2) is 4.36. The Morgan fingerprint density at radius 2 is 2.25 bits per heavy atom. The molecule has 0 aliphatic carbocycles. The Hall–Kier alpha value is -1.82. The molecule has 1 aliphatic heterocycles. The Labute approximate surface area is 94.6 Å². The van der Waals surface area contributed by atoms with Crippen LogP contribution in [-0.2, 0) is 0 Å². The molecule has 0 spiro atoms. The predicted octanol–water partition coefficient (Wildman–Crippen LogP) is 2.85. The molecule has 0 bridgehead atoms. The van der Waals surface area contributed by atoms with Crippen LogP contribution in [-0.4, -0.2) is 13.1 Å². The highest BCUT2D eigenvalue weighted by atomic mass is 19.1. The van der Waals surface area contributed by atoms with Crippen molar-refractivity contribution < 1.29 is 4.39 Å². The van der Waals surface area contributed by atoms with E-state index in [4.69, 9.17) is 5.26 Å². The molecular formula is C13H13FN2. The van der Waals surface area contributed by atoms with Crippen molar-refractivity contribution in [1.29, 1.82) is 5.26 Å². The minimum absolute atomic E-state index is 0.104. The largest absolute Gasteiger partial charge is 0.367 e. The van der Waals surface area contributed by atoms with E-state index in [0.717, 1.165) is 25.2 Å². The first-order valence-electron chi connectivity index (χ1n) is 5.31. The summed E-state index contributed by atoms with van der Waals surface area (Å²) in [7, 11) is 0. The van der Waals surface area contributed by atoms with Gasteiger partial charge in [0.2, 0.25) is 0 Å². The fraction of sp³-hybridized carbons (Fsp3) is 0.308. The minimum Gasteiger partial charge on any atom is -0.367 e. The molecule has 82 valence electrons. The Morgan fingerprint density at radius 1 is 1.44 bits per heavy atom. The zero-order valence-electron chi connectivity index (χ0n) is 9.20. The third kappa shape index (κ3) is 2.06. The molecule has 0 amide bonds. The Kier molecular flexibility index (Phi) is 2.91. The zero-order valence-corrected chi connectivity index (χ0v) is 9.20. The molecule has 1 aromatic rings. The van der Waals surface area contributed by atoms with Gasteiger partial charge >= 0.3 is 0 Å². The van der Waals surface area contributed by atoms with Gasteiger partial charge in [-0.15, -0.1) is 0 Å². The molecule has 0 saturated heterocycles. The van der Waals surface area contributed by atoms with Crippen molar-refractivity contribution in [1.82, 2.24) is 0 Å². The fourth-order valence-electron chi connectivity index (χ4n) is 1.80. The van der Waals surface area contributed by atoms with Crippen molar-refractivity contribution in [2.24, 2.45) is 0 Å². The van der Waals surface area contributed by atoms with Gasteiger partial charge in [0, 0.05) is 18.8 Å². The average molecular weight is 216 g/mol. The van der Waals surface area contributed by atoms with E-state index in [0.29, 0.717) is 0 Å². The van der Waals surface area contributed by atoms with Crippen LogP contribution in [0.2, 0.25) is 0 Å². The molecule has 1 aliphatic rings.